The van der Waals surface area contributed by atoms with Gasteiger partial charge in [-0.25, -0.2) is 4.79 Å². The monoisotopic (exact) mass is 446 g/mol. The molecule has 4 rings (SSSR count). The minimum atomic E-state index is -0.384. The van der Waals surface area contributed by atoms with Crippen molar-refractivity contribution in [3.8, 4) is 0 Å². The molecule has 8 nitrogen and oxygen atoms in total. The quantitative estimate of drug-likeness (QED) is 0.651. The first-order valence-corrected chi connectivity index (χ1v) is 10.1. The number of nitrogens with two attached hydrogens (primary N) is 1. The number of rotatable bonds is 3. The maximum atomic E-state index is 13.0. The molecule has 3 heterocycles. The summed E-state index contributed by atoms with van der Waals surface area (Å²) in [5.74, 6) is 0.680. The van der Waals surface area contributed by atoms with E-state index >= 15 is 0 Å². The molecule has 0 radical (unpaired) electrons. The van der Waals surface area contributed by atoms with E-state index < -0.39 is 0 Å². The number of aromatic nitrogens is 4. The number of imidazole rings is 1. The van der Waals surface area contributed by atoms with Crippen LogP contribution in [0, 0.1) is 0 Å². The summed E-state index contributed by atoms with van der Waals surface area (Å²) in [5, 5.41) is 0. The maximum absolute atomic E-state index is 13.0. The average molecular weight is 447 g/mol. The van der Waals surface area contributed by atoms with Gasteiger partial charge in [0, 0.05) is 37.7 Å². The molecule has 1 aromatic carbocycles. The maximum Gasteiger partial charge on any atom is 0.332 e. The van der Waals surface area contributed by atoms with E-state index in [1.165, 1.54) is 11.6 Å². The fourth-order valence-corrected chi connectivity index (χ4v) is 4.22. The summed E-state index contributed by atoms with van der Waals surface area (Å²) < 4.78 is 5.43. The number of benzene rings is 1. The van der Waals surface area contributed by atoms with Crippen LogP contribution in [0.1, 0.15) is 18.4 Å². The molecule has 1 aliphatic rings. The summed E-state index contributed by atoms with van der Waals surface area (Å²) in [7, 11) is 3.14. The number of anilines is 1. The molecule has 148 valence electrons. The van der Waals surface area contributed by atoms with Crippen molar-refractivity contribution < 1.29 is 0 Å². The van der Waals surface area contributed by atoms with E-state index in [0.29, 0.717) is 30.2 Å². The van der Waals surface area contributed by atoms with Crippen LogP contribution < -0.4 is 21.9 Å². The highest BCUT2D eigenvalue weighted by atomic mass is 79.9. The molecular weight excluding hydrogens is 424 g/mol. The molecule has 9 heteroatoms. The van der Waals surface area contributed by atoms with Gasteiger partial charge in [0.15, 0.2) is 11.2 Å². The molecular formula is C19H23BrN6O2. The van der Waals surface area contributed by atoms with Gasteiger partial charge < -0.3 is 10.6 Å². The van der Waals surface area contributed by atoms with Crippen molar-refractivity contribution in [2.45, 2.75) is 25.4 Å². The molecule has 0 spiro atoms. The van der Waals surface area contributed by atoms with Gasteiger partial charge in [-0.1, -0.05) is 34.1 Å². The SMILES string of the molecule is Cn1c(=O)c2c(nc(N3CCC[C@@H](N)C3)n2Cc2ccccc2Br)n(C)c1=O. The van der Waals surface area contributed by atoms with Gasteiger partial charge in [0.1, 0.15) is 0 Å². The van der Waals surface area contributed by atoms with Gasteiger partial charge in [0.05, 0.1) is 6.54 Å². The number of fused-ring (bicyclic) bond motifs is 1. The van der Waals surface area contributed by atoms with Crippen LogP contribution in [0.15, 0.2) is 38.3 Å². The summed E-state index contributed by atoms with van der Waals surface area (Å²) in [6, 6.07) is 7.96. The zero-order chi connectivity index (χ0) is 20.0. The van der Waals surface area contributed by atoms with Crippen LogP contribution in [-0.4, -0.2) is 37.8 Å². The molecule has 0 aliphatic carbocycles. The first-order chi connectivity index (χ1) is 13.4. The molecule has 0 saturated carbocycles. The van der Waals surface area contributed by atoms with Crippen molar-refractivity contribution in [1.82, 2.24) is 18.7 Å². The van der Waals surface area contributed by atoms with Gasteiger partial charge in [-0.15, -0.1) is 0 Å². The molecule has 0 unspecified atom stereocenters. The molecule has 1 fully saturated rings. The van der Waals surface area contributed by atoms with Crippen LogP contribution in [0.2, 0.25) is 0 Å². The summed E-state index contributed by atoms with van der Waals surface area (Å²) in [6.07, 6.45) is 1.94. The minimum absolute atomic E-state index is 0.0668. The molecule has 0 amide bonds. The first-order valence-electron chi connectivity index (χ1n) is 9.28. The molecule has 1 atom stereocenters. The van der Waals surface area contributed by atoms with E-state index in [-0.39, 0.29) is 17.3 Å². The second-order valence-corrected chi connectivity index (χ2v) is 8.17. The average Bonchev–Trinajstić information content (AvgIpc) is 3.06. The lowest BCUT2D eigenvalue weighted by Crippen LogP contribution is -2.44. The first kappa shape index (κ1) is 18.9. The standard InChI is InChI=1S/C19H23BrN6O2/c1-23-16-15(17(27)24(2)19(23)28)26(10-12-6-3-4-8-14(12)20)18(22-16)25-9-5-7-13(21)11-25/h3-4,6,8,13H,5,7,9-11,21H2,1-2H3/t13-/m1/s1. The third-order valence-corrected chi connectivity index (χ3v) is 6.13. The Kier molecular flexibility index (Phi) is 4.88. The van der Waals surface area contributed by atoms with Crippen LogP contribution in [0.3, 0.4) is 0 Å². The number of nitrogens with zero attached hydrogens (tertiary/aromatic N) is 5. The lowest BCUT2D eigenvalue weighted by atomic mass is 10.1. The highest BCUT2D eigenvalue weighted by Crippen LogP contribution is 2.26. The molecule has 0 bridgehead atoms. The van der Waals surface area contributed by atoms with E-state index in [9.17, 15) is 9.59 Å². The lowest BCUT2D eigenvalue weighted by Gasteiger charge is -2.32. The van der Waals surface area contributed by atoms with E-state index in [1.807, 2.05) is 28.8 Å². The molecule has 28 heavy (non-hydrogen) atoms. The van der Waals surface area contributed by atoms with Crippen molar-refractivity contribution >= 4 is 33.0 Å². The number of hydrogen-bond donors (Lipinski definition) is 1. The topological polar surface area (TPSA) is 91.1 Å². The largest absolute Gasteiger partial charge is 0.341 e. The molecule has 1 saturated heterocycles. The van der Waals surface area contributed by atoms with E-state index in [2.05, 4.69) is 20.8 Å². The number of aryl methyl sites for hydroxylation is 1. The zero-order valence-corrected chi connectivity index (χ0v) is 17.5. The van der Waals surface area contributed by atoms with E-state index in [1.54, 1.807) is 7.05 Å². The number of halogens is 1. The van der Waals surface area contributed by atoms with Crippen molar-refractivity contribution in [2.75, 3.05) is 18.0 Å². The molecule has 3 aromatic rings. The van der Waals surface area contributed by atoms with Crippen LogP contribution in [0.5, 0.6) is 0 Å². The number of hydrogen-bond acceptors (Lipinski definition) is 5. The fraction of sp³-hybridized carbons (Fsp3) is 0.421. The van der Waals surface area contributed by atoms with E-state index in [0.717, 1.165) is 34.0 Å². The predicted molar refractivity (Wildman–Crippen MR) is 113 cm³/mol. The highest BCUT2D eigenvalue weighted by molar-refractivity contribution is 9.10. The zero-order valence-electron chi connectivity index (χ0n) is 15.9. The predicted octanol–water partition coefficient (Wildman–Crippen LogP) is 1.17. The van der Waals surface area contributed by atoms with Crippen molar-refractivity contribution in [1.29, 1.82) is 0 Å². The second kappa shape index (κ2) is 7.21. The minimum Gasteiger partial charge on any atom is -0.341 e. The van der Waals surface area contributed by atoms with Gasteiger partial charge in [-0.05, 0) is 24.5 Å². The molecule has 1 aliphatic heterocycles. The fourth-order valence-electron chi connectivity index (χ4n) is 3.81. The van der Waals surface area contributed by atoms with Gasteiger partial charge in [-0.2, -0.15) is 4.98 Å². The van der Waals surface area contributed by atoms with E-state index in [4.69, 9.17) is 10.7 Å². The normalized spacial score (nSPS) is 17.4. The van der Waals surface area contributed by atoms with Crippen LogP contribution in [-0.2, 0) is 20.6 Å². The summed E-state index contributed by atoms with van der Waals surface area (Å²) in [6.45, 7) is 1.96. The third kappa shape index (κ3) is 3.08. The van der Waals surface area contributed by atoms with Crippen LogP contribution >= 0.6 is 15.9 Å². The van der Waals surface area contributed by atoms with Gasteiger partial charge in [-0.3, -0.25) is 18.5 Å². The summed E-state index contributed by atoms with van der Waals surface area (Å²) in [5.41, 5.74) is 7.31. The lowest BCUT2D eigenvalue weighted by molar-refractivity contribution is 0.495. The van der Waals surface area contributed by atoms with Gasteiger partial charge in [0.2, 0.25) is 5.95 Å². The Labute approximate surface area is 170 Å². The van der Waals surface area contributed by atoms with Crippen molar-refractivity contribution in [2.24, 2.45) is 19.8 Å². The van der Waals surface area contributed by atoms with Gasteiger partial charge in [0.25, 0.3) is 5.56 Å². The van der Waals surface area contributed by atoms with Crippen molar-refractivity contribution in [3.05, 3.63) is 55.1 Å². The Hall–Kier alpha value is -2.39. The Morgan fingerprint density at radius 2 is 1.96 bits per heavy atom. The highest BCUT2D eigenvalue weighted by Gasteiger charge is 2.26. The Bertz CT molecular complexity index is 1160. The van der Waals surface area contributed by atoms with Gasteiger partial charge >= 0.3 is 5.69 Å². The number of piperidine rings is 1. The van der Waals surface area contributed by atoms with Crippen molar-refractivity contribution in [3.63, 3.8) is 0 Å². The second-order valence-electron chi connectivity index (χ2n) is 7.32. The third-order valence-electron chi connectivity index (χ3n) is 5.35. The summed E-state index contributed by atoms with van der Waals surface area (Å²) in [4.78, 5) is 32.2. The van der Waals surface area contributed by atoms with Crippen LogP contribution in [0.25, 0.3) is 11.2 Å². The summed E-state index contributed by atoms with van der Waals surface area (Å²) >= 11 is 3.59. The Balaban J connectivity index is 1.98. The molecule has 2 N–H and O–H groups in total. The van der Waals surface area contributed by atoms with Crippen LogP contribution in [0.4, 0.5) is 5.95 Å². The molecule has 2 aromatic heterocycles. The Morgan fingerprint density at radius 1 is 1.21 bits per heavy atom. The smallest absolute Gasteiger partial charge is 0.332 e. The Morgan fingerprint density at radius 3 is 2.68 bits per heavy atom.